The molecule has 198 valence electrons. The van der Waals surface area contributed by atoms with Crippen LogP contribution in [-0.2, 0) is 23.9 Å². The Morgan fingerprint density at radius 1 is 1.25 bits per heavy atom. The monoisotopic (exact) mass is 534 g/mol. The number of amides is 1. The first-order valence-corrected chi connectivity index (χ1v) is 11.1. The number of benzene rings is 1. The fourth-order valence-electron chi connectivity index (χ4n) is 3.34. The number of halogens is 4. The second-order valence-corrected chi connectivity index (χ2v) is 8.26. The van der Waals surface area contributed by atoms with Crippen molar-refractivity contribution in [3.63, 3.8) is 0 Å². The van der Waals surface area contributed by atoms with Crippen molar-refractivity contribution in [2.45, 2.75) is 45.0 Å². The maximum absolute atomic E-state index is 13.6. The molecule has 1 amide bonds. The first-order chi connectivity index (χ1) is 16.8. The third-order valence-electron chi connectivity index (χ3n) is 4.84. The third-order valence-corrected chi connectivity index (χ3v) is 5.06. The van der Waals surface area contributed by atoms with Gasteiger partial charge in [0.1, 0.15) is 25.0 Å². The number of carbonyl (C=O) groups is 3. The molecule has 2 atom stereocenters. The predicted octanol–water partition coefficient (Wildman–Crippen LogP) is 2.21. The van der Waals surface area contributed by atoms with Gasteiger partial charge in [0.2, 0.25) is 12.0 Å². The number of alkyl halides is 3. The lowest BCUT2D eigenvalue weighted by Crippen LogP contribution is -2.42. The smallest absolute Gasteiger partial charge is 0.430 e. The molecule has 36 heavy (non-hydrogen) atoms. The van der Waals surface area contributed by atoms with Crippen LogP contribution in [0.3, 0.4) is 0 Å². The van der Waals surface area contributed by atoms with Crippen LogP contribution in [-0.4, -0.2) is 61.9 Å². The average molecular weight is 535 g/mol. The van der Waals surface area contributed by atoms with Gasteiger partial charge in [-0.1, -0.05) is 11.6 Å². The molecule has 1 aromatic rings. The molecule has 0 fully saturated rings. The highest BCUT2D eigenvalue weighted by Gasteiger charge is 2.49. The van der Waals surface area contributed by atoms with E-state index in [2.05, 4.69) is 10.6 Å². The van der Waals surface area contributed by atoms with E-state index in [1.165, 1.54) is 26.0 Å². The molecule has 0 unspecified atom stereocenters. The Bertz CT molecular complexity index is 1050. The van der Waals surface area contributed by atoms with E-state index < -0.39 is 55.0 Å². The Hall–Kier alpha value is -3.48. The Kier molecular flexibility index (Phi) is 9.96. The van der Waals surface area contributed by atoms with Crippen molar-refractivity contribution in [3.05, 3.63) is 33.9 Å². The molecule has 1 aromatic carbocycles. The number of hydrogen-bond acceptors (Lipinski definition) is 7. The Labute approximate surface area is 209 Å². The number of carbonyl (C=O) groups excluding carboxylic acids is 3. The third kappa shape index (κ3) is 8.33. The number of aryl methyl sites for hydroxylation is 1. The van der Waals surface area contributed by atoms with E-state index >= 15 is 0 Å². The molecule has 10 nitrogen and oxygen atoms in total. The molecule has 1 aliphatic rings. The summed E-state index contributed by atoms with van der Waals surface area (Å²) >= 11 is 5.96. The molecule has 0 bridgehead atoms. The van der Waals surface area contributed by atoms with Gasteiger partial charge in [-0.3, -0.25) is 10.2 Å². The first-order valence-electron chi connectivity index (χ1n) is 10.7. The SMILES string of the molecule is CC(=O)N[C@@H](CCCNC(=N)N)C(=O)OCCOC(=O)C1=Cc2cc(Cl)cc(C)c2O[C@@H]1C(F)(F)F. The molecule has 14 heteroatoms. The lowest BCUT2D eigenvalue weighted by atomic mass is 9.99. The minimum atomic E-state index is -4.90. The minimum absolute atomic E-state index is 0.0466. The van der Waals surface area contributed by atoms with Gasteiger partial charge in [0.15, 0.2) is 5.96 Å². The quantitative estimate of drug-likeness (QED) is 0.154. The van der Waals surface area contributed by atoms with Crippen LogP contribution in [0.4, 0.5) is 13.2 Å². The number of esters is 2. The van der Waals surface area contributed by atoms with Gasteiger partial charge < -0.3 is 30.6 Å². The van der Waals surface area contributed by atoms with Crippen LogP contribution in [0.15, 0.2) is 17.7 Å². The summed E-state index contributed by atoms with van der Waals surface area (Å²) in [5.74, 6) is -2.90. The molecule has 0 aliphatic carbocycles. The van der Waals surface area contributed by atoms with Gasteiger partial charge >= 0.3 is 18.1 Å². The normalized spacial score (nSPS) is 15.5. The number of fused-ring (bicyclic) bond motifs is 1. The van der Waals surface area contributed by atoms with Gasteiger partial charge in [-0.2, -0.15) is 13.2 Å². The Morgan fingerprint density at radius 2 is 1.92 bits per heavy atom. The summed E-state index contributed by atoms with van der Waals surface area (Å²) in [7, 11) is 0. The fourth-order valence-corrected chi connectivity index (χ4v) is 3.62. The molecular weight excluding hydrogens is 509 g/mol. The van der Waals surface area contributed by atoms with Crippen molar-refractivity contribution in [1.82, 2.24) is 10.6 Å². The lowest BCUT2D eigenvalue weighted by molar-refractivity contribution is -0.188. The van der Waals surface area contributed by atoms with Crippen LogP contribution < -0.4 is 21.1 Å². The van der Waals surface area contributed by atoms with E-state index in [1.807, 2.05) is 0 Å². The maximum Gasteiger partial charge on any atom is 0.430 e. The highest BCUT2D eigenvalue weighted by atomic mass is 35.5. The zero-order chi connectivity index (χ0) is 27.0. The van der Waals surface area contributed by atoms with Crippen molar-refractivity contribution in [2.24, 2.45) is 5.73 Å². The second kappa shape index (κ2) is 12.5. The largest absolute Gasteiger partial charge is 0.475 e. The van der Waals surface area contributed by atoms with Gasteiger partial charge in [-0.25, -0.2) is 9.59 Å². The number of rotatable bonds is 10. The Morgan fingerprint density at radius 3 is 2.53 bits per heavy atom. The summed E-state index contributed by atoms with van der Waals surface area (Å²) in [6.07, 6.45) is -5.91. The highest BCUT2D eigenvalue weighted by Crippen LogP contribution is 2.40. The number of guanidine groups is 1. The molecule has 5 N–H and O–H groups in total. The van der Waals surface area contributed by atoms with Crippen LogP contribution in [0.25, 0.3) is 6.08 Å². The fraction of sp³-hybridized carbons (Fsp3) is 0.455. The number of ether oxygens (including phenoxy) is 3. The standard InChI is InChI=1S/C22H26ClF3N4O6/c1-11-8-14(23)9-13-10-15(18(22(24,25)26)36-17(11)13)19(32)34-6-7-35-20(33)16(30-12(2)31)4-3-5-29-21(27)28/h8-10,16,18H,3-7H2,1-2H3,(H,30,31)(H4,27,28,29)/t16-,18-/m0/s1. The van der Waals surface area contributed by atoms with Crippen molar-refractivity contribution in [3.8, 4) is 5.75 Å². The second-order valence-electron chi connectivity index (χ2n) is 7.82. The lowest BCUT2D eigenvalue weighted by Gasteiger charge is -2.29. The highest BCUT2D eigenvalue weighted by molar-refractivity contribution is 6.30. The average Bonchev–Trinajstić information content (AvgIpc) is 2.76. The van der Waals surface area contributed by atoms with Crippen LogP contribution in [0.5, 0.6) is 5.75 Å². The van der Waals surface area contributed by atoms with Crippen molar-refractivity contribution >= 4 is 41.5 Å². The van der Waals surface area contributed by atoms with Gasteiger partial charge in [-0.05, 0) is 43.5 Å². The van der Waals surface area contributed by atoms with Crippen molar-refractivity contribution in [1.29, 1.82) is 5.41 Å². The van der Waals surface area contributed by atoms with Gasteiger partial charge in [0.05, 0.1) is 5.57 Å². The van der Waals surface area contributed by atoms with Crippen LogP contribution in [0.1, 0.15) is 30.9 Å². The van der Waals surface area contributed by atoms with Crippen LogP contribution in [0.2, 0.25) is 5.02 Å². The first kappa shape index (κ1) is 28.8. The zero-order valence-corrected chi connectivity index (χ0v) is 20.2. The molecule has 0 saturated heterocycles. The molecule has 1 heterocycles. The molecule has 0 spiro atoms. The minimum Gasteiger partial charge on any atom is -0.475 e. The van der Waals surface area contributed by atoms with Crippen LogP contribution >= 0.6 is 11.6 Å². The summed E-state index contributed by atoms with van der Waals surface area (Å²) in [5, 5.41) is 12.3. The summed E-state index contributed by atoms with van der Waals surface area (Å²) in [5.41, 5.74) is 4.95. The van der Waals surface area contributed by atoms with E-state index in [-0.39, 0.29) is 35.3 Å². The predicted molar refractivity (Wildman–Crippen MR) is 123 cm³/mol. The Balaban J connectivity index is 1.99. The summed E-state index contributed by atoms with van der Waals surface area (Å²) in [6, 6.07) is 1.79. The van der Waals surface area contributed by atoms with E-state index in [9.17, 15) is 27.6 Å². The van der Waals surface area contributed by atoms with Crippen molar-refractivity contribution in [2.75, 3.05) is 19.8 Å². The van der Waals surface area contributed by atoms with Gasteiger partial charge in [0, 0.05) is 24.1 Å². The molecular formula is C22H26ClF3N4O6. The van der Waals surface area contributed by atoms with Gasteiger partial charge in [0.25, 0.3) is 0 Å². The molecule has 0 saturated carbocycles. The van der Waals surface area contributed by atoms with Crippen molar-refractivity contribution < 1.29 is 41.8 Å². The van der Waals surface area contributed by atoms with E-state index in [1.54, 1.807) is 0 Å². The number of nitrogens with one attached hydrogen (secondary N) is 3. The number of hydrogen-bond donors (Lipinski definition) is 4. The molecule has 0 radical (unpaired) electrons. The van der Waals surface area contributed by atoms with Gasteiger partial charge in [-0.15, -0.1) is 0 Å². The number of nitrogens with two attached hydrogens (primary N) is 1. The maximum atomic E-state index is 13.6. The van der Waals surface area contributed by atoms with E-state index in [0.717, 1.165) is 6.08 Å². The topological polar surface area (TPSA) is 153 Å². The summed E-state index contributed by atoms with van der Waals surface area (Å²) in [6.45, 7) is 2.02. The zero-order valence-electron chi connectivity index (χ0n) is 19.5. The summed E-state index contributed by atoms with van der Waals surface area (Å²) < 4.78 is 55.7. The van der Waals surface area contributed by atoms with Crippen LogP contribution in [0, 0.1) is 12.3 Å². The molecule has 0 aromatic heterocycles. The van der Waals surface area contributed by atoms with E-state index in [0.29, 0.717) is 12.0 Å². The summed E-state index contributed by atoms with van der Waals surface area (Å²) in [4.78, 5) is 36.1. The molecule has 1 aliphatic heterocycles. The molecule has 2 rings (SSSR count). The van der Waals surface area contributed by atoms with E-state index in [4.69, 9.17) is 37.0 Å².